The molecule has 1 fully saturated rings. The van der Waals surface area contributed by atoms with Crippen molar-refractivity contribution in [1.29, 1.82) is 0 Å². The Morgan fingerprint density at radius 2 is 2.05 bits per heavy atom. The molecule has 1 saturated carbocycles. The van der Waals surface area contributed by atoms with Crippen LogP contribution in [0.3, 0.4) is 0 Å². The molecular weight excluding hydrogens is 274 g/mol. The lowest BCUT2D eigenvalue weighted by Crippen LogP contribution is -2.27. The summed E-state index contributed by atoms with van der Waals surface area (Å²) in [5.41, 5.74) is 0. The smallest absolute Gasteiger partial charge is 0.218 e. The van der Waals surface area contributed by atoms with Crippen LogP contribution in [0, 0.1) is 18.8 Å². The van der Waals surface area contributed by atoms with Crippen LogP contribution in [0.2, 0.25) is 0 Å². The van der Waals surface area contributed by atoms with Crippen LogP contribution in [0.5, 0.6) is 5.88 Å². The van der Waals surface area contributed by atoms with Gasteiger partial charge in [0.15, 0.2) is 0 Å². The van der Waals surface area contributed by atoms with Gasteiger partial charge in [-0.15, -0.1) is 11.6 Å². The molecule has 1 aliphatic carbocycles. The van der Waals surface area contributed by atoms with E-state index >= 15 is 0 Å². The number of halogens is 1. The summed E-state index contributed by atoms with van der Waals surface area (Å²) in [5, 5.41) is 3.43. The molecule has 4 nitrogen and oxygen atoms in total. The van der Waals surface area contributed by atoms with Crippen molar-refractivity contribution in [3.63, 3.8) is 0 Å². The molecule has 2 unspecified atom stereocenters. The Balaban J connectivity index is 1.95. The molecule has 0 aromatic carbocycles. The molecule has 0 spiro atoms. The van der Waals surface area contributed by atoms with Gasteiger partial charge in [-0.2, -0.15) is 4.98 Å². The minimum absolute atomic E-state index is 0.618. The fourth-order valence-electron chi connectivity index (χ4n) is 2.84. The number of nitrogens with zero attached hydrogens (tertiary/aromatic N) is 2. The van der Waals surface area contributed by atoms with Crippen molar-refractivity contribution >= 4 is 17.4 Å². The van der Waals surface area contributed by atoms with Gasteiger partial charge in [0.25, 0.3) is 0 Å². The summed E-state index contributed by atoms with van der Waals surface area (Å²) in [6.07, 6.45) is 5.14. The van der Waals surface area contributed by atoms with E-state index in [2.05, 4.69) is 15.3 Å². The normalized spacial score (nSPS) is 22.6. The number of hydrogen-bond acceptors (Lipinski definition) is 4. The first-order chi connectivity index (χ1) is 9.72. The summed E-state index contributed by atoms with van der Waals surface area (Å²) < 4.78 is 5.45. The lowest BCUT2D eigenvalue weighted by molar-refractivity contribution is 0.271. The van der Waals surface area contributed by atoms with Crippen molar-refractivity contribution in [2.75, 3.05) is 24.3 Å². The first-order valence-electron chi connectivity index (χ1n) is 7.51. The summed E-state index contributed by atoms with van der Waals surface area (Å²) in [5.74, 6) is 4.26. The summed E-state index contributed by atoms with van der Waals surface area (Å²) in [6, 6.07) is 1.87. The van der Waals surface area contributed by atoms with Crippen LogP contribution in [-0.2, 0) is 0 Å². The van der Waals surface area contributed by atoms with E-state index in [0.29, 0.717) is 24.3 Å². The number of alkyl halides is 1. The van der Waals surface area contributed by atoms with E-state index in [1.54, 1.807) is 0 Å². The van der Waals surface area contributed by atoms with Crippen molar-refractivity contribution in [2.24, 2.45) is 11.8 Å². The first-order valence-corrected chi connectivity index (χ1v) is 8.04. The van der Waals surface area contributed by atoms with E-state index in [1.807, 2.05) is 19.9 Å². The van der Waals surface area contributed by atoms with Crippen LogP contribution in [0.15, 0.2) is 6.07 Å². The Kier molecular flexibility index (Phi) is 5.89. The van der Waals surface area contributed by atoms with Gasteiger partial charge in [-0.25, -0.2) is 4.98 Å². The van der Waals surface area contributed by atoms with Gasteiger partial charge in [-0.3, -0.25) is 0 Å². The monoisotopic (exact) mass is 297 g/mol. The van der Waals surface area contributed by atoms with Gasteiger partial charge in [-0.05, 0) is 38.5 Å². The number of aryl methyl sites for hydroxylation is 1. The predicted octanol–water partition coefficient (Wildman–Crippen LogP) is 3.64. The van der Waals surface area contributed by atoms with E-state index in [1.165, 1.54) is 25.7 Å². The lowest BCUT2D eigenvalue weighted by atomic mass is 9.80. The first kappa shape index (κ1) is 15.4. The highest BCUT2D eigenvalue weighted by molar-refractivity contribution is 6.18. The zero-order valence-electron chi connectivity index (χ0n) is 12.4. The molecule has 0 bridgehead atoms. The van der Waals surface area contributed by atoms with Crippen LogP contribution in [0.1, 0.15) is 38.4 Å². The molecule has 0 radical (unpaired) electrons. The van der Waals surface area contributed by atoms with Gasteiger partial charge in [-0.1, -0.05) is 12.8 Å². The maximum absolute atomic E-state index is 6.08. The maximum atomic E-state index is 6.08. The molecule has 1 aromatic heterocycles. The Hall–Kier alpha value is -1.03. The number of ether oxygens (including phenoxy) is 1. The molecule has 1 heterocycles. The molecule has 1 aromatic rings. The second-order valence-electron chi connectivity index (χ2n) is 5.41. The topological polar surface area (TPSA) is 47.0 Å². The summed E-state index contributed by atoms with van der Waals surface area (Å²) in [4.78, 5) is 8.67. The van der Waals surface area contributed by atoms with Gasteiger partial charge in [0.2, 0.25) is 5.88 Å². The highest BCUT2D eigenvalue weighted by Gasteiger charge is 2.24. The summed E-state index contributed by atoms with van der Waals surface area (Å²) in [6.45, 7) is 5.39. The summed E-state index contributed by atoms with van der Waals surface area (Å²) in [7, 11) is 0. The van der Waals surface area contributed by atoms with E-state index in [9.17, 15) is 0 Å². The average Bonchev–Trinajstić information content (AvgIpc) is 2.45. The zero-order valence-corrected chi connectivity index (χ0v) is 13.1. The van der Waals surface area contributed by atoms with Crippen molar-refractivity contribution < 1.29 is 4.74 Å². The minimum atomic E-state index is 0.618. The highest BCUT2D eigenvalue weighted by Crippen LogP contribution is 2.31. The Morgan fingerprint density at radius 3 is 2.75 bits per heavy atom. The Bertz CT molecular complexity index is 428. The van der Waals surface area contributed by atoms with Gasteiger partial charge in [0.1, 0.15) is 11.6 Å². The third kappa shape index (κ3) is 4.23. The van der Waals surface area contributed by atoms with E-state index in [0.717, 1.165) is 24.1 Å². The van der Waals surface area contributed by atoms with Crippen molar-refractivity contribution in [3.05, 3.63) is 11.9 Å². The van der Waals surface area contributed by atoms with Crippen LogP contribution in [0.4, 0.5) is 5.82 Å². The molecule has 0 aliphatic heterocycles. The van der Waals surface area contributed by atoms with Gasteiger partial charge < -0.3 is 10.1 Å². The Labute approximate surface area is 126 Å². The minimum Gasteiger partial charge on any atom is -0.478 e. The largest absolute Gasteiger partial charge is 0.478 e. The number of aromatic nitrogens is 2. The molecule has 112 valence electrons. The molecule has 1 N–H and O–H groups in total. The van der Waals surface area contributed by atoms with E-state index in [4.69, 9.17) is 16.3 Å². The predicted molar refractivity (Wildman–Crippen MR) is 82.6 cm³/mol. The molecule has 2 rings (SSSR count). The number of rotatable bonds is 6. The highest BCUT2D eigenvalue weighted by atomic mass is 35.5. The number of hydrogen-bond donors (Lipinski definition) is 1. The SMILES string of the molecule is CCOc1cc(NCC2CCCCC2CCl)nc(C)n1. The third-order valence-electron chi connectivity index (χ3n) is 3.92. The van der Waals surface area contributed by atoms with Crippen LogP contribution >= 0.6 is 11.6 Å². The average molecular weight is 298 g/mol. The maximum Gasteiger partial charge on any atom is 0.218 e. The fraction of sp³-hybridized carbons (Fsp3) is 0.733. The molecule has 0 amide bonds. The van der Waals surface area contributed by atoms with Gasteiger partial charge in [0.05, 0.1) is 6.61 Å². The molecule has 20 heavy (non-hydrogen) atoms. The zero-order chi connectivity index (χ0) is 14.4. The number of nitrogens with one attached hydrogen (secondary N) is 1. The summed E-state index contributed by atoms with van der Waals surface area (Å²) >= 11 is 6.08. The quantitative estimate of drug-likeness (QED) is 0.814. The van der Waals surface area contributed by atoms with Crippen LogP contribution in [-0.4, -0.2) is 29.0 Å². The molecule has 5 heteroatoms. The molecule has 1 aliphatic rings. The van der Waals surface area contributed by atoms with Crippen molar-refractivity contribution in [3.8, 4) is 5.88 Å². The van der Waals surface area contributed by atoms with Crippen molar-refractivity contribution in [2.45, 2.75) is 39.5 Å². The van der Waals surface area contributed by atoms with Gasteiger partial charge >= 0.3 is 0 Å². The van der Waals surface area contributed by atoms with E-state index < -0.39 is 0 Å². The van der Waals surface area contributed by atoms with Crippen molar-refractivity contribution in [1.82, 2.24) is 9.97 Å². The molecule has 0 saturated heterocycles. The van der Waals surface area contributed by atoms with E-state index in [-0.39, 0.29) is 0 Å². The molecular formula is C15H24ClN3O. The number of anilines is 1. The lowest BCUT2D eigenvalue weighted by Gasteiger charge is -2.30. The van der Waals surface area contributed by atoms with Crippen LogP contribution < -0.4 is 10.1 Å². The van der Waals surface area contributed by atoms with Gasteiger partial charge in [0, 0.05) is 18.5 Å². The van der Waals surface area contributed by atoms with Crippen LogP contribution in [0.25, 0.3) is 0 Å². The Morgan fingerprint density at radius 1 is 1.30 bits per heavy atom. The second kappa shape index (κ2) is 7.67. The standard InChI is InChI=1S/C15H24ClN3O/c1-3-20-15-8-14(18-11(2)19-15)17-10-13-7-5-4-6-12(13)9-16/h8,12-13H,3-7,9-10H2,1-2H3,(H,17,18,19). The second-order valence-corrected chi connectivity index (χ2v) is 5.72. The third-order valence-corrected chi connectivity index (χ3v) is 4.31. The molecule has 2 atom stereocenters. The fourth-order valence-corrected chi connectivity index (χ4v) is 3.25.